The Morgan fingerprint density at radius 2 is 1.71 bits per heavy atom. The van der Waals surface area contributed by atoms with Gasteiger partial charge in [-0.3, -0.25) is 0 Å². The van der Waals surface area contributed by atoms with Crippen molar-refractivity contribution in [1.82, 2.24) is 10.0 Å². The Labute approximate surface area is 150 Å². The lowest BCUT2D eigenvalue weighted by Gasteiger charge is -2.30. The molecule has 1 aliphatic heterocycles. The first-order valence-electron chi connectivity index (χ1n) is 7.59. The minimum atomic E-state index is -3.78. The van der Waals surface area contributed by atoms with Gasteiger partial charge in [-0.05, 0) is 63.4 Å². The summed E-state index contributed by atoms with van der Waals surface area (Å²) in [5.74, 6) is 0. The Morgan fingerprint density at radius 3 is 2.25 bits per heavy atom. The van der Waals surface area contributed by atoms with E-state index in [2.05, 4.69) is 10.0 Å². The number of rotatable bonds is 4. The summed E-state index contributed by atoms with van der Waals surface area (Å²) in [5, 5.41) is 3.24. The van der Waals surface area contributed by atoms with Crippen LogP contribution in [-0.4, -0.2) is 41.7 Å². The molecule has 2 rings (SSSR count). The molecule has 0 aliphatic carbocycles. The van der Waals surface area contributed by atoms with Crippen LogP contribution in [0.2, 0.25) is 0 Å². The van der Waals surface area contributed by atoms with Crippen molar-refractivity contribution >= 4 is 32.3 Å². The van der Waals surface area contributed by atoms with Crippen molar-refractivity contribution in [3.63, 3.8) is 0 Å². The molecule has 0 aromatic heterocycles. The fraction of sp³-hybridized carbons (Fsp3) is 0.600. The van der Waals surface area contributed by atoms with E-state index in [1.807, 2.05) is 6.92 Å². The molecule has 1 heterocycles. The Kier molecular flexibility index (Phi) is 6.85. The highest BCUT2D eigenvalue weighted by atomic mass is 35.5. The van der Waals surface area contributed by atoms with Gasteiger partial charge >= 0.3 is 0 Å². The average Bonchev–Trinajstić information content (AvgIpc) is 2.42. The maximum Gasteiger partial charge on any atom is 0.241 e. The maximum atomic E-state index is 12.8. The van der Waals surface area contributed by atoms with Crippen LogP contribution in [0.5, 0.6) is 0 Å². The van der Waals surface area contributed by atoms with E-state index >= 15 is 0 Å². The van der Waals surface area contributed by atoms with Crippen molar-refractivity contribution in [3.05, 3.63) is 23.3 Å². The first-order chi connectivity index (χ1) is 10.5. The van der Waals surface area contributed by atoms with Crippen LogP contribution in [0.4, 0.5) is 0 Å². The highest BCUT2D eigenvalue weighted by molar-refractivity contribution is 7.91. The third-order valence-corrected chi connectivity index (χ3v) is 7.05. The van der Waals surface area contributed by atoms with Gasteiger partial charge in [-0.15, -0.1) is 12.4 Å². The molecule has 2 unspecified atom stereocenters. The fourth-order valence-electron chi connectivity index (χ4n) is 2.93. The van der Waals surface area contributed by atoms with Crippen molar-refractivity contribution in [3.8, 4) is 0 Å². The van der Waals surface area contributed by atoms with Crippen LogP contribution < -0.4 is 10.0 Å². The predicted octanol–water partition coefficient (Wildman–Crippen LogP) is 1.55. The molecular formula is C15H25ClN2O4S2. The lowest BCUT2D eigenvalue weighted by Crippen LogP contribution is -2.51. The molecule has 1 aliphatic rings. The van der Waals surface area contributed by atoms with E-state index in [0.717, 1.165) is 25.6 Å². The molecule has 1 aromatic rings. The van der Waals surface area contributed by atoms with E-state index in [1.54, 1.807) is 6.92 Å². The molecule has 6 nitrogen and oxygen atoms in total. The number of sulfone groups is 1. The minimum absolute atomic E-state index is 0. The van der Waals surface area contributed by atoms with Crippen LogP contribution in [0.3, 0.4) is 0 Å². The maximum absolute atomic E-state index is 12.8. The second-order valence-electron chi connectivity index (χ2n) is 6.27. The number of aryl methyl sites for hydroxylation is 1. The van der Waals surface area contributed by atoms with Gasteiger partial charge in [0.05, 0.1) is 9.79 Å². The molecule has 138 valence electrons. The van der Waals surface area contributed by atoms with Gasteiger partial charge < -0.3 is 5.32 Å². The van der Waals surface area contributed by atoms with E-state index in [4.69, 9.17) is 0 Å². The lowest BCUT2D eigenvalue weighted by molar-refractivity contribution is 0.348. The summed E-state index contributed by atoms with van der Waals surface area (Å²) >= 11 is 0. The second kappa shape index (κ2) is 7.70. The Morgan fingerprint density at radius 1 is 1.12 bits per heavy atom. The Bertz CT molecular complexity index is 807. The summed E-state index contributed by atoms with van der Waals surface area (Å²) in [6.45, 7) is 6.04. The van der Waals surface area contributed by atoms with Crippen molar-refractivity contribution in [2.45, 2.75) is 55.5 Å². The number of halogens is 1. The first-order valence-corrected chi connectivity index (χ1v) is 11.0. The molecule has 1 fully saturated rings. The fourth-order valence-corrected chi connectivity index (χ4v) is 5.76. The van der Waals surface area contributed by atoms with Crippen molar-refractivity contribution in [2.24, 2.45) is 0 Å². The molecule has 0 spiro atoms. The second-order valence-corrected chi connectivity index (χ2v) is 9.94. The van der Waals surface area contributed by atoms with Gasteiger partial charge in [0, 0.05) is 18.3 Å². The summed E-state index contributed by atoms with van der Waals surface area (Å²) in [5.41, 5.74) is 0.869. The van der Waals surface area contributed by atoms with Crippen molar-refractivity contribution in [1.29, 1.82) is 0 Å². The van der Waals surface area contributed by atoms with Crippen LogP contribution in [0.1, 0.15) is 30.9 Å². The summed E-state index contributed by atoms with van der Waals surface area (Å²) in [7, 11) is -7.27. The van der Waals surface area contributed by atoms with Gasteiger partial charge in [0.25, 0.3) is 0 Å². The molecule has 0 radical (unpaired) electrons. The molecule has 9 heteroatoms. The molecular weight excluding hydrogens is 372 g/mol. The van der Waals surface area contributed by atoms with Gasteiger partial charge in [-0.25, -0.2) is 21.6 Å². The summed E-state index contributed by atoms with van der Waals surface area (Å²) < 4.78 is 52.1. The number of hydrogen-bond donors (Lipinski definition) is 2. The van der Waals surface area contributed by atoms with Gasteiger partial charge in [-0.2, -0.15) is 0 Å². The number of sulfonamides is 1. The lowest BCUT2D eigenvalue weighted by atomic mass is 10.0. The van der Waals surface area contributed by atoms with Crippen molar-refractivity contribution in [2.75, 3.05) is 12.8 Å². The van der Waals surface area contributed by atoms with E-state index in [0.29, 0.717) is 5.56 Å². The highest BCUT2D eigenvalue weighted by Crippen LogP contribution is 2.25. The Balaban J connectivity index is 0.00000288. The zero-order valence-corrected chi connectivity index (χ0v) is 16.7. The Hall–Kier alpha value is -0.670. The van der Waals surface area contributed by atoms with Crippen LogP contribution in [-0.2, 0) is 19.9 Å². The molecule has 0 amide bonds. The van der Waals surface area contributed by atoms with Crippen LogP contribution in [0.15, 0.2) is 21.9 Å². The standard InChI is InChI=1S/C15H24N2O4S2.ClH/c1-10-8-14(22(4,18)19)11(2)15(9-10)23(20,21)17-13-6-5-7-16-12(13)3;/h8-9,12-13,16-17H,5-7H2,1-4H3;1H. The largest absolute Gasteiger partial charge is 0.313 e. The normalized spacial score (nSPS) is 22.0. The highest BCUT2D eigenvalue weighted by Gasteiger charge is 2.29. The van der Waals surface area contributed by atoms with Gasteiger partial charge in [0.2, 0.25) is 10.0 Å². The van der Waals surface area contributed by atoms with E-state index < -0.39 is 19.9 Å². The summed E-state index contributed by atoms with van der Waals surface area (Å²) in [6.07, 6.45) is 2.75. The topological polar surface area (TPSA) is 92.3 Å². The van der Waals surface area contributed by atoms with E-state index in [9.17, 15) is 16.8 Å². The first kappa shape index (κ1) is 21.4. The molecule has 0 bridgehead atoms. The average molecular weight is 397 g/mol. The summed E-state index contributed by atoms with van der Waals surface area (Å²) in [4.78, 5) is 0.100. The summed E-state index contributed by atoms with van der Waals surface area (Å²) in [6, 6.07) is 2.87. The van der Waals surface area contributed by atoms with Gasteiger partial charge in [-0.1, -0.05) is 0 Å². The van der Waals surface area contributed by atoms with Crippen LogP contribution in [0.25, 0.3) is 0 Å². The van der Waals surface area contributed by atoms with E-state index in [1.165, 1.54) is 19.1 Å². The minimum Gasteiger partial charge on any atom is -0.313 e. The van der Waals surface area contributed by atoms with Crippen LogP contribution in [0, 0.1) is 13.8 Å². The van der Waals surface area contributed by atoms with E-state index in [-0.39, 0.29) is 39.8 Å². The van der Waals surface area contributed by atoms with Crippen LogP contribution >= 0.6 is 12.4 Å². The predicted molar refractivity (Wildman–Crippen MR) is 97.1 cm³/mol. The SMILES string of the molecule is Cc1cc(S(C)(=O)=O)c(C)c(S(=O)(=O)NC2CCCNC2C)c1.Cl. The third kappa shape index (κ3) is 4.70. The zero-order chi connectivity index (χ0) is 17.4. The quantitative estimate of drug-likeness (QED) is 0.805. The molecule has 24 heavy (non-hydrogen) atoms. The number of hydrogen-bond acceptors (Lipinski definition) is 5. The third-order valence-electron chi connectivity index (χ3n) is 4.21. The molecule has 0 saturated carbocycles. The monoisotopic (exact) mass is 396 g/mol. The smallest absolute Gasteiger partial charge is 0.241 e. The zero-order valence-electron chi connectivity index (χ0n) is 14.3. The number of benzene rings is 1. The number of nitrogens with one attached hydrogen (secondary N) is 2. The molecule has 2 N–H and O–H groups in total. The van der Waals surface area contributed by atoms with Gasteiger partial charge in [0.15, 0.2) is 9.84 Å². The molecule has 1 aromatic carbocycles. The van der Waals surface area contributed by atoms with Crippen molar-refractivity contribution < 1.29 is 16.8 Å². The molecule has 2 atom stereocenters. The van der Waals surface area contributed by atoms with Gasteiger partial charge in [0.1, 0.15) is 0 Å². The molecule has 1 saturated heterocycles. The number of piperidine rings is 1.